The van der Waals surface area contributed by atoms with Crippen molar-refractivity contribution in [2.75, 3.05) is 5.32 Å². The molecule has 2 heterocycles. The molecule has 1 atom stereocenters. The number of carbonyl (C=O) groups excluding carboxylic acids is 4. The fourth-order valence-electron chi connectivity index (χ4n) is 3.70. The maximum Gasteiger partial charge on any atom is 0.264 e. The molecule has 8 heteroatoms. The van der Waals surface area contributed by atoms with Crippen molar-refractivity contribution < 1.29 is 24.3 Å². The van der Waals surface area contributed by atoms with Gasteiger partial charge in [0.1, 0.15) is 6.04 Å². The summed E-state index contributed by atoms with van der Waals surface area (Å²) >= 11 is 0. The van der Waals surface area contributed by atoms with Crippen LogP contribution >= 0.6 is 0 Å². The smallest absolute Gasteiger partial charge is 0.264 e. The molecule has 1 saturated heterocycles. The van der Waals surface area contributed by atoms with Crippen LogP contribution in [0.5, 0.6) is 0 Å². The normalized spacial score (nSPS) is 18.7. The zero-order valence-electron chi connectivity index (χ0n) is 15.5. The number of benzene rings is 2. The van der Waals surface area contributed by atoms with Gasteiger partial charge in [-0.15, -0.1) is 0 Å². The highest BCUT2D eigenvalue weighted by molar-refractivity contribution is 6.25. The highest BCUT2D eigenvalue weighted by Crippen LogP contribution is 2.32. The standard InChI is InChI=1S/C21H19N3O5/c25-11-13-4-1-3-12(9-13)10-22-15-6-2-5-14-18(15)21(29)24(20(14)28)16-7-8-17(26)23-19(16)27/h1-6,9,16,22,25H,7-8,10-11H2,(H,23,26,27). The van der Waals surface area contributed by atoms with Gasteiger partial charge in [-0.1, -0.05) is 30.3 Å². The molecule has 8 nitrogen and oxygen atoms in total. The number of aliphatic hydroxyl groups excluding tert-OH is 1. The first-order valence-electron chi connectivity index (χ1n) is 9.26. The Bertz CT molecular complexity index is 1030. The zero-order chi connectivity index (χ0) is 20.5. The number of hydrogen-bond acceptors (Lipinski definition) is 6. The second kappa shape index (κ2) is 7.48. The van der Waals surface area contributed by atoms with E-state index in [9.17, 15) is 24.3 Å². The van der Waals surface area contributed by atoms with Gasteiger partial charge in [-0.2, -0.15) is 0 Å². The predicted molar refractivity (Wildman–Crippen MR) is 103 cm³/mol. The van der Waals surface area contributed by atoms with Crippen molar-refractivity contribution in [2.24, 2.45) is 0 Å². The molecule has 2 aliphatic heterocycles. The molecule has 0 spiro atoms. The molecule has 2 aromatic rings. The van der Waals surface area contributed by atoms with E-state index in [1.165, 1.54) is 0 Å². The number of rotatable bonds is 5. The zero-order valence-corrected chi connectivity index (χ0v) is 15.5. The fraction of sp³-hybridized carbons (Fsp3) is 0.238. The van der Waals surface area contributed by atoms with Gasteiger partial charge in [-0.05, 0) is 29.7 Å². The topological polar surface area (TPSA) is 116 Å². The first-order valence-corrected chi connectivity index (χ1v) is 9.26. The van der Waals surface area contributed by atoms with Crippen LogP contribution in [0.3, 0.4) is 0 Å². The third-order valence-electron chi connectivity index (χ3n) is 5.13. The molecule has 2 aliphatic rings. The van der Waals surface area contributed by atoms with Crippen LogP contribution in [0.15, 0.2) is 42.5 Å². The summed E-state index contributed by atoms with van der Waals surface area (Å²) in [6, 6.07) is 11.3. The van der Waals surface area contributed by atoms with Crippen LogP contribution in [0.2, 0.25) is 0 Å². The summed E-state index contributed by atoms with van der Waals surface area (Å²) in [6.07, 6.45) is 0.197. The second-order valence-corrected chi connectivity index (χ2v) is 7.01. The van der Waals surface area contributed by atoms with Crippen LogP contribution in [-0.4, -0.2) is 39.7 Å². The first-order chi connectivity index (χ1) is 14.0. The summed E-state index contributed by atoms with van der Waals surface area (Å²) in [5, 5.41) is 14.6. The van der Waals surface area contributed by atoms with Crippen LogP contribution in [0.4, 0.5) is 5.69 Å². The van der Waals surface area contributed by atoms with Crippen LogP contribution in [0.1, 0.15) is 44.7 Å². The van der Waals surface area contributed by atoms with Gasteiger partial charge in [0.2, 0.25) is 11.8 Å². The van der Waals surface area contributed by atoms with Gasteiger partial charge in [-0.3, -0.25) is 29.4 Å². The van der Waals surface area contributed by atoms with Gasteiger partial charge in [-0.25, -0.2) is 0 Å². The van der Waals surface area contributed by atoms with Crippen LogP contribution < -0.4 is 10.6 Å². The molecule has 4 amide bonds. The average Bonchev–Trinajstić information content (AvgIpc) is 2.98. The number of carbonyl (C=O) groups is 4. The second-order valence-electron chi connectivity index (χ2n) is 7.01. The van der Waals surface area contributed by atoms with Crippen LogP contribution in [-0.2, 0) is 22.7 Å². The quantitative estimate of drug-likeness (QED) is 0.658. The Labute approximate surface area is 166 Å². The molecule has 29 heavy (non-hydrogen) atoms. The van der Waals surface area contributed by atoms with Crippen molar-refractivity contribution in [3.63, 3.8) is 0 Å². The summed E-state index contributed by atoms with van der Waals surface area (Å²) in [5.41, 5.74) is 2.63. The van der Waals surface area contributed by atoms with Crippen molar-refractivity contribution in [3.05, 3.63) is 64.7 Å². The van der Waals surface area contributed by atoms with E-state index in [0.717, 1.165) is 16.0 Å². The van der Waals surface area contributed by atoms with Gasteiger partial charge in [0, 0.05) is 18.7 Å². The van der Waals surface area contributed by atoms with Gasteiger partial charge in [0.25, 0.3) is 11.8 Å². The van der Waals surface area contributed by atoms with Crippen molar-refractivity contribution in [3.8, 4) is 0 Å². The molecule has 148 valence electrons. The van der Waals surface area contributed by atoms with Crippen LogP contribution in [0, 0.1) is 0 Å². The third-order valence-corrected chi connectivity index (χ3v) is 5.13. The van der Waals surface area contributed by atoms with Crippen LogP contribution in [0.25, 0.3) is 0 Å². The summed E-state index contributed by atoms with van der Waals surface area (Å²) < 4.78 is 0. The lowest BCUT2D eigenvalue weighted by molar-refractivity contribution is -0.136. The highest BCUT2D eigenvalue weighted by Gasteiger charge is 2.45. The third kappa shape index (κ3) is 3.38. The maximum absolute atomic E-state index is 13.0. The molecule has 2 aromatic carbocycles. The first kappa shape index (κ1) is 18.8. The van der Waals surface area contributed by atoms with E-state index in [2.05, 4.69) is 10.6 Å². The number of hydrogen-bond donors (Lipinski definition) is 3. The molecule has 0 radical (unpaired) electrons. The number of nitrogens with one attached hydrogen (secondary N) is 2. The van der Waals surface area contributed by atoms with E-state index in [1.807, 2.05) is 24.3 Å². The van der Waals surface area contributed by atoms with E-state index in [0.29, 0.717) is 12.2 Å². The largest absolute Gasteiger partial charge is 0.392 e. The van der Waals surface area contributed by atoms with E-state index in [4.69, 9.17) is 0 Å². The Kier molecular flexibility index (Phi) is 4.85. The number of piperidine rings is 1. The summed E-state index contributed by atoms with van der Waals surface area (Å²) in [7, 11) is 0. The fourth-order valence-corrected chi connectivity index (χ4v) is 3.70. The molecule has 3 N–H and O–H groups in total. The molecule has 0 aliphatic carbocycles. The maximum atomic E-state index is 13.0. The Morgan fingerprint density at radius 1 is 1.03 bits per heavy atom. The Morgan fingerprint density at radius 3 is 2.55 bits per heavy atom. The van der Waals surface area contributed by atoms with Gasteiger partial charge in [0.15, 0.2) is 0 Å². The molecular weight excluding hydrogens is 374 g/mol. The summed E-state index contributed by atoms with van der Waals surface area (Å²) in [6.45, 7) is 0.326. The molecule has 0 aromatic heterocycles. The molecule has 1 unspecified atom stereocenters. The number of nitrogens with zero attached hydrogens (tertiary/aromatic N) is 1. The molecule has 4 rings (SSSR count). The highest BCUT2D eigenvalue weighted by atomic mass is 16.3. The van der Waals surface area contributed by atoms with Gasteiger partial charge in [0.05, 0.1) is 17.7 Å². The Morgan fingerprint density at radius 2 is 1.79 bits per heavy atom. The van der Waals surface area contributed by atoms with Crippen molar-refractivity contribution in [2.45, 2.75) is 32.0 Å². The lowest BCUT2D eigenvalue weighted by Gasteiger charge is -2.27. The summed E-state index contributed by atoms with van der Waals surface area (Å²) in [4.78, 5) is 50.4. The lowest BCUT2D eigenvalue weighted by Crippen LogP contribution is -2.54. The Balaban J connectivity index is 1.59. The number of fused-ring (bicyclic) bond motifs is 1. The number of amides is 4. The van der Waals surface area contributed by atoms with Crippen molar-refractivity contribution in [1.82, 2.24) is 10.2 Å². The van der Waals surface area contributed by atoms with E-state index < -0.39 is 29.7 Å². The van der Waals surface area contributed by atoms with Gasteiger partial charge >= 0.3 is 0 Å². The molecule has 0 saturated carbocycles. The number of aliphatic hydroxyl groups is 1. The SMILES string of the molecule is O=C1CCC(N2C(=O)c3cccc(NCc4cccc(CO)c4)c3C2=O)C(=O)N1. The molecular formula is C21H19N3O5. The molecule has 1 fully saturated rings. The predicted octanol–water partition coefficient (Wildman–Crippen LogP) is 1.19. The monoisotopic (exact) mass is 393 g/mol. The average molecular weight is 393 g/mol. The van der Waals surface area contributed by atoms with Crippen molar-refractivity contribution >= 4 is 29.3 Å². The van der Waals surface area contributed by atoms with Gasteiger partial charge < -0.3 is 10.4 Å². The summed E-state index contributed by atoms with van der Waals surface area (Å²) in [5.74, 6) is -2.13. The van der Waals surface area contributed by atoms with E-state index in [1.54, 1.807) is 18.2 Å². The Hall–Kier alpha value is -3.52. The minimum atomic E-state index is -0.991. The number of anilines is 1. The minimum absolute atomic E-state index is 0.0670. The van der Waals surface area contributed by atoms with E-state index >= 15 is 0 Å². The van der Waals surface area contributed by atoms with Crippen molar-refractivity contribution in [1.29, 1.82) is 0 Å². The molecule has 0 bridgehead atoms. The minimum Gasteiger partial charge on any atom is -0.392 e. The lowest BCUT2D eigenvalue weighted by atomic mass is 10.0. The van der Waals surface area contributed by atoms with E-state index in [-0.39, 0.29) is 30.6 Å². The number of imide groups is 2.